The zero-order chi connectivity index (χ0) is 19.9. The van der Waals surface area contributed by atoms with E-state index < -0.39 is 0 Å². The Morgan fingerprint density at radius 3 is 2.25 bits per heavy atom. The van der Waals surface area contributed by atoms with E-state index in [0.717, 1.165) is 11.3 Å². The van der Waals surface area contributed by atoms with Crippen LogP contribution < -0.4 is 5.32 Å². The number of hydrogen-bond donors (Lipinski definition) is 1. The fraction of sp³-hybridized carbons (Fsp3) is 0.333. The molecule has 0 aliphatic carbocycles. The summed E-state index contributed by atoms with van der Waals surface area (Å²) in [4.78, 5) is 26.7. The van der Waals surface area contributed by atoms with Gasteiger partial charge in [0.15, 0.2) is 0 Å². The second-order valence-electron chi connectivity index (χ2n) is 7.61. The lowest BCUT2D eigenvalue weighted by molar-refractivity contribution is -0.130. The average Bonchev–Trinajstić information content (AvgIpc) is 2.73. The second-order valence-corrected chi connectivity index (χ2v) is 7.61. The summed E-state index contributed by atoms with van der Waals surface area (Å²) in [7, 11) is 0. The number of rotatable bonds is 5. The van der Waals surface area contributed by atoms with Crippen molar-refractivity contribution in [1.29, 1.82) is 0 Å². The maximum absolute atomic E-state index is 12.5. The van der Waals surface area contributed by atoms with Crippen LogP contribution >= 0.6 is 0 Å². The highest BCUT2D eigenvalue weighted by Gasteiger charge is 2.26. The van der Waals surface area contributed by atoms with Gasteiger partial charge < -0.3 is 10.2 Å². The molecule has 1 saturated heterocycles. The number of para-hydroxylation sites is 1. The van der Waals surface area contributed by atoms with E-state index in [0.29, 0.717) is 31.8 Å². The number of likely N-dealkylation sites (tertiary alicyclic amines) is 1. The van der Waals surface area contributed by atoms with Gasteiger partial charge in [-0.25, -0.2) is 0 Å². The molecular formula is C24H28N2O2. The van der Waals surface area contributed by atoms with Crippen LogP contribution in [0.25, 0.3) is 6.08 Å². The molecule has 4 heteroatoms. The van der Waals surface area contributed by atoms with Crippen LogP contribution in [0.2, 0.25) is 0 Å². The van der Waals surface area contributed by atoms with Crippen molar-refractivity contribution >= 4 is 23.6 Å². The SMILES string of the molecule is CC(C)c1ccc(C=CC(=O)N2CCC(C(=O)Nc3ccccc3)CC2)cc1. The maximum Gasteiger partial charge on any atom is 0.246 e. The first-order valence-electron chi connectivity index (χ1n) is 9.96. The molecule has 1 fully saturated rings. The van der Waals surface area contributed by atoms with Crippen molar-refractivity contribution in [2.45, 2.75) is 32.6 Å². The third kappa shape index (κ3) is 5.32. The van der Waals surface area contributed by atoms with Crippen LogP contribution in [0.4, 0.5) is 5.69 Å². The molecule has 2 aromatic carbocycles. The van der Waals surface area contributed by atoms with Gasteiger partial charge in [-0.2, -0.15) is 0 Å². The first-order chi connectivity index (χ1) is 13.5. The molecule has 0 saturated carbocycles. The molecule has 1 aliphatic rings. The van der Waals surface area contributed by atoms with Crippen molar-refractivity contribution in [1.82, 2.24) is 4.90 Å². The number of nitrogens with one attached hydrogen (secondary N) is 1. The number of hydrogen-bond acceptors (Lipinski definition) is 2. The van der Waals surface area contributed by atoms with Crippen LogP contribution in [0.1, 0.15) is 43.7 Å². The van der Waals surface area contributed by atoms with Gasteiger partial charge >= 0.3 is 0 Å². The molecule has 4 nitrogen and oxygen atoms in total. The van der Waals surface area contributed by atoms with E-state index >= 15 is 0 Å². The third-order valence-electron chi connectivity index (χ3n) is 5.24. The number of nitrogens with zero attached hydrogens (tertiary/aromatic N) is 1. The van der Waals surface area contributed by atoms with Crippen molar-refractivity contribution in [2.75, 3.05) is 18.4 Å². The van der Waals surface area contributed by atoms with Gasteiger partial charge in [-0.15, -0.1) is 0 Å². The fourth-order valence-electron chi connectivity index (χ4n) is 3.39. The summed E-state index contributed by atoms with van der Waals surface area (Å²) in [6.45, 7) is 5.56. The average molecular weight is 377 g/mol. The van der Waals surface area contributed by atoms with Gasteiger partial charge in [0.2, 0.25) is 11.8 Å². The fourth-order valence-corrected chi connectivity index (χ4v) is 3.39. The minimum absolute atomic E-state index is 0.00912. The van der Waals surface area contributed by atoms with Crippen molar-refractivity contribution in [2.24, 2.45) is 5.92 Å². The van der Waals surface area contributed by atoms with E-state index in [2.05, 4.69) is 31.3 Å². The molecule has 0 aromatic heterocycles. The Morgan fingerprint density at radius 1 is 1.00 bits per heavy atom. The Labute approximate surface area is 167 Å². The Morgan fingerprint density at radius 2 is 1.64 bits per heavy atom. The Bertz CT molecular complexity index is 817. The highest BCUT2D eigenvalue weighted by molar-refractivity contribution is 5.94. The molecule has 0 unspecified atom stereocenters. The summed E-state index contributed by atoms with van der Waals surface area (Å²) >= 11 is 0. The van der Waals surface area contributed by atoms with E-state index in [-0.39, 0.29) is 17.7 Å². The summed E-state index contributed by atoms with van der Waals surface area (Å²) in [6.07, 6.45) is 4.89. The lowest BCUT2D eigenvalue weighted by Gasteiger charge is -2.30. The Hall–Kier alpha value is -2.88. The van der Waals surface area contributed by atoms with Crippen LogP contribution in [0.15, 0.2) is 60.7 Å². The lowest BCUT2D eigenvalue weighted by Crippen LogP contribution is -2.40. The predicted octanol–water partition coefficient (Wildman–Crippen LogP) is 4.70. The number of amides is 2. The second kappa shape index (κ2) is 9.36. The smallest absolute Gasteiger partial charge is 0.246 e. The van der Waals surface area contributed by atoms with Gasteiger partial charge in [0.25, 0.3) is 0 Å². The lowest BCUT2D eigenvalue weighted by atomic mass is 9.95. The third-order valence-corrected chi connectivity index (χ3v) is 5.24. The van der Waals surface area contributed by atoms with Gasteiger partial charge in [-0.05, 0) is 48.1 Å². The summed E-state index contributed by atoms with van der Waals surface area (Å²) < 4.78 is 0. The summed E-state index contributed by atoms with van der Waals surface area (Å²) in [5, 5.41) is 2.96. The minimum atomic E-state index is -0.0446. The molecule has 1 N–H and O–H groups in total. The molecule has 2 amide bonds. The predicted molar refractivity (Wildman–Crippen MR) is 114 cm³/mol. The number of anilines is 1. The number of benzene rings is 2. The number of carbonyl (C=O) groups excluding carboxylic acids is 2. The molecule has 0 atom stereocenters. The Kier molecular flexibility index (Phi) is 6.64. The Balaban J connectivity index is 1.48. The monoisotopic (exact) mass is 376 g/mol. The van der Waals surface area contributed by atoms with Gasteiger partial charge in [0.05, 0.1) is 0 Å². The van der Waals surface area contributed by atoms with Crippen LogP contribution in [-0.4, -0.2) is 29.8 Å². The molecule has 1 heterocycles. The zero-order valence-corrected chi connectivity index (χ0v) is 16.6. The van der Waals surface area contributed by atoms with Crippen molar-refractivity contribution in [3.8, 4) is 0 Å². The van der Waals surface area contributed by atoms with E-state index in [1.54, 1.807) is 6.08 Å². The molecule has 0 bridgehead atoms. The first kappa shape index (κ1) is 19.9. The topological polar surface area (TPSA) is 49.4 Å². The van der Waals surface area contributed by atoms with E-state index in [1.807, 2.05) is 53.4 Å². The van der Waals surface area contributed by atoms with E-state index in [4.69, 9.17) is 0 Å². The molecule has 2 aromatic rings. The first-order valence-corrected chi connectivity index (χ1v) is 9.96. The van der Waals surface area contributed by atoms with Crippen molar-refractivity contribution in [3.05, 3.63) is 71.8 Å². The highest BCUT2D eigenvalue weighted by Crippen LogP contribution is 2.20. The van der Waals surface area contributed by atoms with Crippen LogP contribution in [-0.2, 0) is 9.59 Å². The summed E-state index contributed by atoms with van der Waals surface area (Å²) in [5.74, 6) is 0.505. The number of carbonyl (C=O) groups is 2. The van der Waals surface area contributed by atoms with Crippen molar-refractivity contribution < 1.29 is 9.59 Å². The molecule has 0 radical (unpaired) electrons. The van der Waals surface area contributed by atoms with Crippen LogP contribution in [0.3, 0.4) is 0 Å². The molecule has 3 rings (SSSR count). The van der Waals surface area contributed by atoms with Crippen molar-refractivity contribution in [3.63, 3.8) is 0 Å². The molecule has 1 aliphatic heterocycles. The van der Waals surface area contributed by atoms with Gasteiger partial charge in [0.1, 0.15) is 0 Å². The number of piperidine rings is 1. The van der Waals surface area contributed by atoms with Crippen LogP contribution in [0.5, 0.6) is 0 Å². The maximum atomic E-state index is 12.5. The summed E-state index contributed by atoms with van der Waals surface area (Å²) in [5.41, 5.74) is 3.13. The van der Waals surface area contributed by atoms with Crippen LogP contribution in [0, 0.1) is 5.92 Å². The van der Waals surface area contributed by atoms with Gasteiger partial charge in [0, 0.05) is 30.8 Å². The molecular weight excluding hydrogens is 348 g/mol. The van der Waals surface area contributed by atoms with E-state index in [1.165, 1.54) is 5.56 Å². The normalized spacial score (nSPS) is 15.2. The molecule has 146 valence electrons. The molecule has 0 spiro atoms. The van der Waals surface area contributed by atoms with E-state index in [9.17, 15) is 9.59 Å². The summed E-state index contributed by atoms with van der Waals surface area (Å²) in [6, 6.07) is 17.8. The van der Waals surface area contributed by atoms with Gasteiger partial charge in [-0.1, -0.05) is 56.3 Å². The quantitative estimate of drug-likeness (QED) is 0.769. The zero-order valence-electron chi connectivity index (χ0n) is 16.6. The molecule has 28 heavy (non-hydrogen) atoms. The highest BCUT2D eigenvalue weighted by atomic mass is 16.2. The van der Waals surface area contributed by atoms with Gasteiger partial charge in [-0.3, -0.25) is 9.59 Å². The largest absolute Gasteiger partial charge is 0.339 e. The standard InChI is InChI=1S/C24H28N2O2/c1-18(2)20-11-8-19(9-12-20)10-13-23(27)26-16-14-21(15-17-26)24(28)25-22-6-4-3-5-7-22/h3-13,18,21H,14-17H2,1-2H3,(H,25,28). The minimum Gasteiger partial charge on any atom is -0.339 e.